The molecule has 4 rings (SSSR count). The van der Waals surface area contributed by atoms with Crippen LogP contribution in [-0.4, -0.2) is 28.9 Å². The van der Waals surface area contributed by atoms with Crippen LogP contribution in [-0.2, 0) is 22.4 Å². The van der Waals surface area contributed by atoms with E-state index < -0.39 is 17.8 Å². The van der Waals surface area contributed by atoms with Gasteiger partial charge in [-0.25, -0.2) is 0 Å². The highest BCUT2D eigenvalue weighted by Crippen LogP contribution is 2.40. The molecule has 27 heavy (non-hydrogen) atoms. The number of hydrogen-bond acceptors (Lipinski definition) is 4. The Morgan fingerprint density at radius 3 is 2.33 bits per heavy atom. The quantitative estimate of drug-likeness (QED) is 0.718. The van der Waals surface area contributed by atoms with Crippen molar-refractivity contribution < 1.29 is 19.5 Å². The highest BCUT2D eigenvalue weighted by molar-refractivity contribution is 7.17. The maximum atomic E-state index is 12.9. The summed E-state index contributed by atoms with van der Waals surface area (Å²) in [5.74, 6) is -2.38. The summed E-state index contributed by atoms with van der Waals surface area (Å²) in [7, 11) is 0. The first-order valence-electron chi connectivity index (χ1n) is 10.0. The van der Waals surface area contributed by atoms with Gasteiger partial charge in [-0.3, -0.25) is 14.4 Å². The molecule has 0 saturated heterocycles. The first kappa shape index (κ1) is 18.5. The largest absolute Gasteiger partial charge is 0.481 e. The van der Waals surface area contributed by atoms with Crippen molar-refractivity contribution in [3.8, 4) is 0 Å². The number of carboxylic acid groups (broad SMARTS) is 1. The number of nitrogens with one attached hydrogen (secondary N) is 2. The molecule has 2 saturated carbocycles. The molecule has 1 heterocycles. The van der Waals surface area contributed by atoms with Crippen LogP contribution in [0.5, 0.6) is 0 Å². The van der Waals surface area contributed by atoms with E-state index in [0.29, 0.717) is 23.4 Å². The van der Waals surface area contributed by atoms with E-state index in [0.717, 1.165) is 56.9 Å². The van der Waals surface area contributed by atoms with E-state index in [-0.39, 0.29) is 17.9 Å². The summed E-state index contributed by atoms with van der Waals surface area (Å²) in [6.07, 6.45) is 8.88. The number of carboxylic acids is 1. The molecule has 3 aliphatic rings. The number of anilines is 1. The molecule has 1 aromatic heterocycles. The zero-order valence-corrected chi connectivity index (χ0v) is 16.2. The van der Waals surface area contributed by atoms with Crippen molar-refractivity contribution in [1.82, 2.24) is 5.32 Å². The lowest BCUT2D eigenvalue weighted by molar-refractivity contribution is -0.147. The van der Waals surface area contributed by atoms with Gasteiger partial charge in [-0.05, 0) is 56.9 Å². The van der Waals surface area contributed by atoms with E-state index in [9.17, 15) is 19.5 Å². The van der Waals surface area contributed by atoms with E-state index in [1.165, 1.54) is 16.2 Å². The molecule has 0 aliphatic heterocycles. The normalized spacial score (nSPS) is 24.7. The van der Waals surface area contributed by atoms with Gasteiger partial charge in [0.2, 0.25) is 5.91 Å². The van der Waals surface area contributed by atoms with Crippen LogP contribution >= 0.6 is 11.3 Å². The maximum absolute atomic E-state index is 12.9. The standard InChI is InChI=1S/C20H26N2O4S/c23-17(12-5-1-2-6-13(12)20(25)26)22-19-16(18(24)21-11-9-10-11)14-7-3-4-8-15(14)27-19/h11-13H,1-10H2,(H,21,24)(H,22,23)(H,25,26)/t12-,13+/m1/s1. The summed E-state index contributed by atoms with van der Waals surface area (Å²) in [5, 5.41) is 16.1. The van der Waals surface area contributed by atoms with Crippen LogP contribution in [0.1, 0.15) is 72.2 Å². The van der Waals surface area contributed by atoms with Gasteiger partial charge in [-0.1, -0.05) is 12.8 Å². The molecule has 0 bridgehead atoms. The van der Waals surface area contributed by atoms with Crippen LogP contribution in [0.3, 0.4) is 0 Å². The number of amides is 2. The third kappa shape index (κ3) is 3.88. The van der Waals surface area contributed by atoms with Crippen LogP contribution in [0.25, 0.3) is 0 Å². The minimum absolute atomic E-state index is 0.0920. The average Bonchev–Trinajstić information content (AvgIpc) is 3.39. The number of carbonyl (C=O) groups is 3. The van der Waals surface area contributed by atoms with Gasteiger partial charge >= 0.3 is 5.97 Å². The fraction of sp³-hybridized carbons (Fsp3) is 0.650. The van der Waals surface area contributed by atoms with Crippen LogP contribution in [0, 0.1) is 11.8 Å². The molecule has 0 unspecified atom stereocenters. The van der Waals surface area contributed by atoms with Gasteiger partial charge in [0.25, 0.3) is 5.91 Å². The Balaban J connectivity index is 1.58. The number of fused-ring (bicyclic) bond motifs is 1. The predicted octanol–water partition coefficient (Wildman–Crippen LogP) is 3.35. The minimum atomic E-state index is -0.896. The molecule has 3 N–H and O–H groups in total. The van der Waals surface area contributed by atoms with Crippen molar-refractivity contribution in [1.29, 1.82) is 0 Å². The first-order chi connectivity index (χ1) is 13.0. The second-order valence-electron chi connectivity index (χ2n) is 7.99. The Morgan fingerprint density at radius 1 is 0.926 bits per heavy atom. The fourth-order valence-corrected chi connectivity index (χ4v) is 5.61. The van der Waals surface area contributed by atoms with Gasteiger partial charge in [0.15, 0.2) is 0 Å². The number of aryl methyl sites for hydroxylation is 1. The highest BCUT2D eigenvalue weighted by Gasteiger charge is 2.37. The van der Waals surface area contributed by atoms with Gasteiger partial charge < -0.3 is 15.7 Å². The van der Waals surface area contributed by atoms with Gasteiger partial charge in [0, 0.05) is 10.9 Å². The molecule has 146 valence electrons. The molecule has 6 nitrogen and oxygen atoms in total. The molecule has 2 atom stereocenters. The zero-order chi connectivity index (χ0) is 19.0. The topological polar surface area (TPSA) is 95.5 Å². The Kier molecular flexibility index (Phi) is 5.21. The number of aliphatic carboxylic acids is 1. The monoisotopic (exact) mass is 390 g/mol. The lowest BCUT2D eigenvalue weighted by Crippen LogP contribution is -2.36. The van der Waals surface area contributed by atoms with Crippen LogP contribution < -0.4 is 10.6 Å². The van der Waals surface area contributed by atoms with Crippen LogP contribution in [0.15, 0.2) is 0 Å². The molecular formula is C20H26N2O4S. The van der Waals surface area contributed by atoms with E-state index >= 15 is 0 Å². The number of rotatable bonds is 5. The summed E-state index contributed by atoms with van der Waals surface area (Å²) in [5.41, 5.74) is 1.70. The lowest BCUT2D eigenvalue weighted by Gasteiger charge is -2.27. The maximum Gasteiger partial charge on any atom is 0.307 e. The molecule has 3 aliphatic carbocycles. The van der Waals surface area contributed by atoms with Crippen molar-refractivity contribution >= 4 is 34.1 Å². The minimum Gasteiger partial charge on any atom is -0.481 e. The molecule has 2 fully saturated rings. The summed E-state index contributed by atoms with van der Waals surface area (Å²) >= 11 is 1.50. The molecule has 0 radical (unpaired) electrons. The highest BCUT2D eigenvalue weighted by atomic mass is 32.1. The van der Waals surface area contributed by atoms with Crippen molar-refractivity contribution in [3.63, 3.8) is 0 Å². The third-order valence-corrected chi connectivity index (χ3v) is 7.17. The van der Waals surface area contributed by atoms with Crippen molar-refractivity contribution in [2.45, 2.75) is 70.3 Å². The van der Waals surface area contributed by atoms with Gasteiger partial charge in [-0.2, -0.15) is 0 Å². The molecule has 0 spiro atoms. The predicted molar refractivity (Wildman–Crippen MR) is 103 cm³/mol. The van der Waals surface area contributed by atoms with Gasteiger partial charge in [0.05, 0.1) is 17.4 Å². The van der Waals surface area contributed by atoms with Crippen molar-refractivity contribution in [3.05, 3.63) is 16.0 Å². The Labute approximate surface area is 162 Å². The smallest absolute Gasteiger partial charge is 0.307 e. The van der Waals surface area contributed by atoms with E-state index in [1.807, 2.05) is 0 Å². The van der Waals surface area contributed by atoms with Crippen molar-refractivity contribution in [2.24, 2.45) is 11.8 Å². The second kappa shape index (κ2) is 7.62. The van der Waals surface area contributed by atoms with Crippen LogP contribution in [0.4, 0.5) is 5.00 Å². The van der Waals surface area contributed by atoms with E-state index in [4.69, 9.17) is 0 Å². The summed E-state index contributed by atoms with van der Waals surface area (Å²) in [6, 6.07) is 0.259. The lowest BCUT2D eigenvalue weighted by atomic mass is 9.78. The summed E-state index contributed by atoms with van der Waals surface area (Å²) in [4.78, 5) is 38.5. The number of thiophene rings is 1. The van der Waals surface area contributed by atoms with Gasteiger partial charge in [-0.15, -0.1) is 11.3 Å². The summed E-state index contributed by atoms with van der Waals surface area (Å²) in [6.45, 7) is 0. The Morgan fingerprint density at radius 2 is 1.63 bits per heavy atom. The Bertz CT molecular complexity index is 768. The zero-order valence-electron chi connectivity index (χ0n) is 15.4. The van der Waals surface area contributed by atoms with Crippen LogP contribution in [0.2, 0.25) is 0 Å². The second-order valence-corrected chi connectivity index (χ2v) is 9.09. The van der Waals surface area contributed by atoms with E-state index in [2.05, 4.69) is 10.6 Å². The third-order valence-electron chi connectivity index (χ3n) is 5.97. The Hall–Kier alpha value is -1.89. The van der Waals surface area contributed by atoms with E-state index in [1.54, 1.807) is 0 Å². The molecule has 2 amide bonds. The molecule has 0 aromatic carbocycles. The van der Waals surface area contributed by atoms with Gasteiger partial charge in [0.1, 0.15) is 5.00 Å². The molecule has 1 aromatic rings. The summed E-state index contributed by atoms with van der Waals surface area (Å²) < 4.78 is 0. The first-order valence-corrected chi connectivity index (χ1v) is 10.9. The molecule has 7 heteroatoms. The van der Waals surface area contributed by atoms with Crippen molar-refractivity contribution in [2.75, 3.05) is 5.32 Å². The number of hydrogen-bond donors (Lipinski definition) is 3. The fourth-order valence-electron chi connectivity index (χ4n) is 4.32. The number of carbonyl (C=O) groups excluding carboxylic acids is 2. The average molecular weight is 391 g/mol. The molecular weight excluding hydrogens is 364 g/mol. The SMILES string of the molecule is O=C(NC1CC1)c1c(NC(=O)[C@@H]2CCCC[C@@H]2C(=O)O)sc2c1CCCC2.